The highest BCUT2D eigenvalue weighted by Gasteiger charge is 2.45. The van der Waals surface area contributed by atoms with Crippen molar-refractivity contribution in [1.82, 2.24) is 9.80 Å². The van der Waals surface area contributed by atoms with Gasteiger partial charge in [-0.25, -0.2) is 0 Å². The van der Waals surface area contributed by atoms with Crippen LogP contribution in [0.2, 0.25) is 0 Å². The molecule has 1 atom stereocenters. The van der Waals surface area contributed by atoms with Crippen LogP contribution in [0.1, 0.15) is 61.1 Å². The SMILES string of the molecule is CCc1ccc(C2/C(=C(\O)c3cc(C)ccc3C)C(=O)C(=O)N2CCCN(CC)CC)cc1. The first-order chi connectivity index (χ1) is 15.8. The van der Waals surface area contributed by atoms with E-state index in [4.69, 9.17) is 0 Å². The van der Waals surface area contributed by atoms with Gasteiger partial charge in [-0.3, -0.25) is 9.59 Å². The van der Waals surface area contributed by atoms with Crippen molar-refractivity contribution in [2.24, 2.45) is 0 Å². The molecule has 3 rings (SSSR count). The lowest BCUT2D eigenvalue weighted by Crippen LogP contribution is -2.33. The lowest BCUT2D eigenvalue weighted by atomic mass is 9.92. The Morgan fingerprint density at radius 3 is 2.27 bits per heavy atom. The maximum atomic E-state index is 13.2. The Morgan fingerprint density at radius 1 is 1.00 bits per heavy atom. The van der Waals surface area contributed by atoms with Crippen LogP contribution < -0.4 is 0 Å². The van der Waals surface area contributed by atoms with E-state index in [-0.39, 0.29) is 11.3 Å². The Bertz CT molecular complexity index is 1040. The average molecular weight is 449 g/mol. The van der Waals surface area contributed by atoms with Crippen LogP contribution in [0.15, 0.2) is 48.0 Å². The lowest BCUT2D eigenvalue weighted by Gasteiger charge is -2.27. The zero-order chi connectivity index (χ0) is 24.1. The molecule has 0 bridgehead atoms. The summed E-state index contributed by atoms with van der Waals surface area (Å²) in [6.45, 7) is 13.4. The van der Waals surface area contributed by atoms with Gasteiger partial charge in [-0.2, -0.15) is 0 Å². The van der Waals surface area contributed by atoms with Crippen molar-refractivity contribution in [2.75, 3.05) is 26.2 Å². The highest BCUT2D eigenvalue weighted by molar-refractivity contribution is 6.46. The molecule has 2 aromatic rings. The number of aliphatic hydroxyl groups is 1. The number of amides is 1. The van der Waals surface area contributed by atoms with Crippen LogP contribution in [0.25, 0.3) is 5.76 Å². The van der Waals surface area contributed by atoms with Gasteiger partial charge in [0.05, 0.1) is 11.6 Å². The summed E-state index contributed by atoms with van der Waals surface area (Å²) in [7, 11) is 0. The second-order valence-electron chi connectivity index (χ2n) is 8.79. The Hall–Kier alpha value is -2.92. The van der Waals surface area contributed by atoms with E-state index in [2.05, 4.69) is 25.7 Å². The van der Waals surface area contributed by atoms with Crippen molar-refractivity contribution >= 4 is 17.4 Å². The third kappa shape index (κ3) is 5.19. The zero-order valence-electron chi connectivity index (χ0n) is 20.5. The van der Waals surface area contributed by atoms with Gasteiger partial charge < -0.3 is 14.9 Å². The highest BCUT2D eigenvalue weighted by Crippen LogP contribution is 2.40. The van der Waals surface area contributed by atoms with Gasteiger partial charge in [0.25, 0.3) is 11.7 Å². The van der Waals surface area contributed by atoms with Crippen molar-refractivity contribution in [3.8, 4) is 0 Å². The Labute approximate surface area is 197 Å². The molecule has 176 valence electrons. The normalized spacial score (nSPS) is 17.9. The van der Waals surface area contributed by atoms with Crippen LogP contribution in [0, 0.1) is 13.8 Å². The molecule has 1 amide bonds. The Balaban J connectivity index is 2.07. The minimum absolute atomic E-state index is 0.0923. The number of Topliss-reactive ketones (excluding diaryl/α,β-unsaturated/α-hetero) is 1. The molecule has 1 aliphatic heterocycles. The van der Waals surface area contributed by atoms with Crippen molar-refractivity contribution in [3.63, 3.8) is 0 Å². The van der Waals surface area contributed by atoms with Crippen LogP contribution in [-0.4, -0.2) is 52.8 Å². The predicted molar refractivity (Wildman–Crippen MR) is 133 cm³/mol. The first kappa shape index (κ1) is 24.7. The van der Waals surface area contributed by atoms with Crippen molar-refractivity contribution < 1.29 is 14.7 Å². The third-order valence-electron chi connectivity index (χ3n) is 6.66. The molecule has 1 heterocycles. The van der Waals surface area contributed by atoms with Crippen LogP contribution in [-0.2, 0) is 16.0 Å². The molecular weight excluding hydrogens is 412 g/mol. The van der Waals surface area contributed by atoms with Gasteiger partial charge in [-0.15, -0.1) is 0 Å². The molecule has 2 aromatic carbocycles. The molecule has 1 saturated heterocycles. The van der Waals surface area contributed by atoms with Gasteiger partial charge in [0.15, 0.2) is 0 Å². The summed E-state index contributed by atoms with van der Waals surface area (Å²) < 4.78 is 0. The van der Waals surface area contributed by atoms with Crippen molar-refractivity contribution in [2.45, 2.75) is 53.5 Å². The van der Waals surface area contributed by atoms with E-state index in [0.29, 0.717) is 12.1 Å². The quantitative estimate of drug-likeness (QED) is 0.332. The van der Waals surface area contributed by atoms with Gasteiger partial charge in [-0.1, -0.05) is 62.7 Å². The fourth-order valence-corrected chi connectivity index (χ4v) is 4.53. The number of rotatable bonds is 9. The third-order valence-corrected chi connectivity index (χ3v) is 6.66. The van der Waals surface area contributed by atoms with Crippen molar-refractivity contribution in [3.05, 3.63) is 75.9 Å². The minimum atomic E-state index is -0.610. The van der Waals surface area contributed by atoms with Gasteiger partial charge in [-0.05, 0) is 69.1 Å². The first-order valence-electron chi connectivity index (χ1n) is 12.0. The number of aryl methyl sites for hydroxylation is 3. The molecular formula is C28H36N2O3. The predicted octanol–water partition coefficient (Wildman–Crippen LogP) is 5.02. The van der Waals surface area contributed by atoms with Gasteiger partial charge in [0, 0.05) is 12.1 Å². The Morgan fingerprint density at radius 2 is 1.67 bits per heavy atom. The molecule has 1 N–H and O–H groups in total. The van der Waals surface area contributed by atoms with Crippen LogP contribution >= 0.6 is 0 Å². The number of likely N-dealkylation sites (tertiary alicyclic amines) is 1. The molecule has 5 nitrogen and oxygen atoms in total. The molecule has 1 unspecified atom stereocenters. The standard InChI is InChI=1S/C28H36N2O3/c1-6-21-12-14-22(15-13-21)25-24(26(31)23-18-19(4)10-11-20(23)5)27(32)28(33)30(25)17-9-16-29(7-2)8-3/h10-15,18,25,31H,6-9,16-17H2,1-5H3/b26-24+. The summed E-state index contributed by atoms with van der Waals surface area (Å²) in [4.78, 5) is 30.3. The summed E-state index contributed by atoms with van der Waals surface area (Å²) in [5.74, 6) is -1.24. The number of carbonyl (C=O) groups excluding carboxylic acids is 2. The molecule has 5 heteroatoms. The maximum Gasteiger partial charge on any atom is 0.295 e. The van der Waals surface area contributed by atoms with E-state index in [9.17, 15) is 14.7 Å². The van der Waals surface area contributed by atoms with Gasteiger partial charge >= 0.3 is 0 Å². The summed E-state index contributed by atoms with van der Waals surface area (Å²) >= 11 is 0. The zero-order valence-corrected chi connectivity index (χ0v) is 20.5. The molecule has 0 saturated carbocycles. The van der Waals surface area contributed by atoms with Crippen LogP contribution in [0.3, 0.4) is 0 Å². The molecule has 33 heavy (non-hydrogen) atoms. The fraction of sp³-hybridized carbons (Fsp3) is 0.429. The maximum absolute atomic E-state index is 13.2. The second kappa shape index (κ2) is 10.8. The van der Waals surface area contributed by atoms with E-state index < -0.39 is 17.7 Å². The molecule has 0 spiro atoms. The smallest absolute Gasteiger partial charge is 0.295 e. The first-order valence-corrected chi connectivity index (χ1v) is 12.0. The largest absolute Gasteiger partial charge is 0.507 e. The number of carbonyl (C=O) groups is 2. The average Bonchev–Trinajstić information content (AvgIpc) is 3.08. The van der Waals surface area contributed by atoms with E-state index in [0.717, 1.165) is 49.2 Å². The summed E-state index contributed by atoms with van der Waals surface area (Å²) in [5.41, 5.74) is 4.67. The number of ketones is 1. The number of hydrogen-bond donors (Lipinski definition) is 1. The minimum Gasteiger partial charge on any atom is -0.507 e. The molecule has 1 fully saturated rings. The van der Waals surface area contributed by atoms with E-state index >= 15 is 0 Å². The van der Waals surface area contributed by atoms with E-state index in [1.165, 1.54) is 5.56 Å². The Kier molecular flexibility index (Phi) is 8.09. The number of aliphatic hydroxyl groups excluding tert-OH is 1. The fourth-order valence-electron chi connectivity index (χ4n) is 4.53. The molecule has 0 radical (unpaired) electrons. The summed E-state index contributed by atoms with van der Waals surface area (Å²) in [6, 6.07) is 13.2. The second-order valence-corrected chi connectivity index (χ2v) is 8.79. The number of benzene rings is 2. The van der Waals surface area contributed by atoms with E-state index in [1.54, 1.807) is 4.90 Å². The summed E-state index contributed by atoms with van der Waals surface area (Å²) in [5, 5.41) is 11.3. The van der Waals surface area contributed by atoms with Gasteiger partial charge in [0.2, 0.25) is 0 Å². The molecule has 0 aromatic heterocycles. The number of hydrogen-bond acceptors (Lipinski definition) is 4. The molecule has 1 aliphatic rings. The van der Waals surface area contributed by atoms with Gasteiger partial charge in [0.1, 0.15) is 5.76 Å². The van der Waals surface area contributed by atoms with Crippen LogP contribution in [0.5, 0.6) is 0 Å². The monoisotopic (exact) mass is 448 g/mol. The van der Waals surface area contributed by atoms with Crippen molar-refractivity contribution in [1.29, 1.82) is 0 Å². The lowest BCUT2D eigenvalue weighted by molar-refractivity contribution is -0.140. The van der Waals surface area contributed by atoms with E-state index in [1.807, 2.05) is 56.3 Å². The number of nitrogens with zero attached hydrogens (tertiary/aromatic N) is 2. The molecule has 0 aliphatic carbocycles. The topological polar surface area (TPSA) is 60.9 Å². The highest BCUT2D eigenvalue weighted by atomic mass is 16.3. The van der Waals surface area contributed by atoms with Crippen LogP contribution in [0.4, 0.5) is 0 Å². The summed E-state index contributed by atoms with van der Waals surface area (Å²) in [6.07, 6.45) is 1.68.